The number of nitrogens with one attached hydrogen (secondary N) is 3. The number of amides is 2. The monoisotopic (exact) mass is 720 g/mol. The van der Waals surface area contributed by atoms with E-state index in [2.05, 4.69) is 62.0 Å². The third-order valence-corrected chi connectivity index (χ3v) is 11.1. The molecular formula is C39H44N8O6. The first-order chi connectivity index (χ1) is 25.7. The van der Waals surface area contributed by atoms with Crippen molar-refractivity contribution in [1.82, 2.24) is 35.2 Å². The number of carbonyl (C=O) groups excluding carboxylic acids is 2. The number of methoxy groups -OCH3 is 2. The number of aromatic nitrogens is 4. The summed E-state index contributed by atoms with van der Waals surface area (Å²) < 4.78 is 16.5. The van der Waals surface area contributed by atoms with Gasteiger partial charge in [0.2, 0.25) is 5.91 Å². The molecule has 2 amide bonds. The largest absolute Gasteiger partial charge is 0.488 e. The molecule has 5 aromatic rings. The summed E-state index contributed by atoms with van der Waals surface area (Å²) in [5, 5.41) is 9.52. The number of carbonyl (C=O) groups is 2. The number of likely N-dealkylation sites (tertiary alicyclic amines) is 1. The fraction of sp³-hybridized carbons (Fsp3) is 0.436. The van der Waals surface area contributed by atoms with Gasteiger partial charge in [-0.2, -0.15) is 0 Å². The minimum atomic E-state index is -0.714. The zero-order valence-electron chi connectivity index (χ0n) is 30.5. The zero-order valence-corrected chi connectivity index (χ0v) is 30.5. The number of H-pyrrole nitrogens is 2. The Kier molecular flexibility index (Phi) is 9.01. The number of ether oxygens (including phenoxy) is 3. The first kappa shape index (κ1) is 34.6. The summed E-state index contributed by atoms with van der Waals surface area (Å²) in [5.41, 5.74) is 6.71. The van der Waals surface area contributed by atoms with Crippen LogP contribution in [0.2, 0.25) is 0 Å². The number of hydrogen-bond donors (Lipinski definition) is 3. The molecule has 3 N–H and O–H groups in total. The summed E-state index contributed by atoms with van der Waals surface area (Å²) >= 11 is 0. The average molecular weight is 721 g/mol. The van der Waals surface area contributed by atoms with Gasteiger partial charge in [-0.1, -0.05) is 32.0 Å². The molecule has 2 fully saturated rings. The normalized spacial score (nSPS) is 21.5. The Morgan fingerprint density at radius 3 is 2.68 bits per heavy atom. The fourth-order valence-electron chi connectivity index (χ4n) is 8.37. The van der Waals surface area contributed by atoms with Crippen LogP contribution in [0.15, 0.2) is 53.9 Å². The van der Waals surface area contributed by atoms with Gasteiger partial charge < -0.3 is 34.4 Å². The molecule has 5 heterocycles. The zero-order chi connectivity index (χ0) is 37.0. The van der Waals surface area contributed by atoms with Gasteiger partial charge in [0, 0.05) is 36.6 Å². The van der Waals surface area contributed by atoms with E-state index in [9.17, 15) is 14.5 Å². The van der Waals surface area contributed by atoms with Crippen LogP contribution in [0.4, 0.5) is 4.79 Å². The van der Waals surface area contributed by atoms with Crippen LogP contribution in [-0.2, 0) is 20.9 Å². The maximum Gasteiger partial charge on any atom is 0.407 e. The lowest BCUT2D eigenvalue weighted by Gasteiger charge is -2.32. The minimum Gasteiger partial charge on any atom is -0.488 e. The molecule has 0 bridgehead atoms. The van der Waals surface area contributed by atoms with E-state index in [-0.39, 0.29) is 35.9 Å². The third-order valence-electron chi connectivity index (χ3n) is 11.1. The molecule has 8 rings (SSSR count). The van der Waals surface area contributed by atoms with Crippen LogP contribution in [0.3, 0.4) is 0 Å². The first-order valence-electron chi connectivity index (χ1n) is 18.2. The van der Waals surface area contributed by atoms with Crippen molar-refractivity contribution in [3.8, 4) is 28.1 Å². The summed E-state index contributed by atoms with van der Waals surface area (Å²) in [4.78, 5) is 56.1. The van der Waals surface area contributed by atoms with Crippen molar-refractivity contribution in [2.75, 3.05) is 27.4 Å². The molecule has 14 heteroatoms. The molecule has 3 aliphatic rings. The van der Waals surface area contributed by atoms with E-state index >= 15 is 0 Å². The quantitative estimate of drug-likeness (QED) is 0.139. The third kappa shape index (κ3) is 6.14. The number of aromatic amines is 2. The lowest BCUT2D eigenvalue weighted by Crippen LogP contribution is -2.52. The first-order valence-corrected chi connectivity index (χ1v) is 18.2. The maximum absolute atomic E-state index is 13.9. The van der Waals surface area contributed by atoms with E-state index < -0.39 is 12.1 Å². The van der Waals surface area contributed by atoms with Gasteiger partial charge in [0.25, 0.3) is 0 Å². The number of imidazole rings is 2. The Bertz CT molecular complexity index is 2210. The van der Waals surface area contributed by atoms with E-state index in [1.54, 1.807) is 12.1 Å². The van der Waals surface area contributed by atoms with Crippen LogP contribution in [0, 0.1) is 16.7 Å². The predicted octanol–water partition coefficient (Wildman–Crippen LogP) is 6.79. The van der Waals surface area contributed by atoms with Crippen molar-refractivity contribution in [2.24, 2.45) is 17.1 Å². The van der Waals surface area contributed by atoms with Gasteiger partial charge in [-0.05, 0) is 78.4 Å². The Balaban J connectivity index is 1.07. The summed E-state index contributed by atoms with van der Waals surface area (Å²) in [7, 11) is 2.96. The highest BCUT2D eigenvalue weighted by Crippen LogP contribution is 2.44. The standard InChI is InChI=1S/C39H44N8O6/c1-20(2)34(44-39(49)52-5)38(48)47-21(3)6-11-31(47)37-41-29-10-8-23-14-28-26-9-7-24(13-25(26)19-53-33(28)15-27(23)35(29)43-37)30-16-40-36(42-30)32-12-22(18-51-4)17-46(32)45-50/h7-10,13-16,20-22,31-32,34H,6,11-12,17-19H2,1-5H3,(H,40,42)(H,41,43)(H,44,49)/t21-,22-,31-,32+,34-/m0/s1. The van der Waals surface area contributed by atoms with Gasteiger partial charge in [0.15, 0.2) is 0 Å². The van der Waals surface area contributed by atoms with Gasteiger partial charge in [0.05, 0.1) is 48.0 Å². The number of nitroso groups, excluding NO2 is 1. The number of nitrogens with zero attached hydrogens (tertiary/aromatic N) is 5. The maximum atomic E-state index is 13.9. The topological polar surface area (TPSA) is 167 Å². The number of fused-ring (bicyclic) bond motifs is 6. The number of rotatable bonds is 9. The molecule has 0 spiro atoms. The lowest BCUT2D eigenvalue weighted by atomic mass is 9.92. The van der Waals surface area contributed by atoms with Gasteiger partial charge in [0.1, 0.15) is 36.1 Å². The van der Waals surface area contributed by atoms with Gasteiger partial charge in [-0.15, -0.1) is 4.91 Å². The van der Waals surface area contributed by atoms with Crippen LogP contribution in [0.1, 0.15) is 69.3 Å². The van der Waals surface area contributed by atoms with Crippen molar-refractivity contribution in [1.29, 1.82) is 0 Å². The van der Waals surface area contributed by atoms with Crippen LogP contribution in [0.5, 0.6) is 5.75 Å². The molecular weight excluding hydrogens is 676 g/mol. The van der Waals surface area contributed by atoms with Crippen molar-refractivity contribution in [2.45, 2.75) is 70.8 Å². The molecule has 53 heavy (non-hydrogen) atoms. The molecule has 0 unspecified atom stereocenters. The van der Waals surface area contributed by atoms with Gasteiger partial charge in [-0.25, -0.2) is 19.8 Å². The van der Waals surface area contributed by atoms with Gasteiger partial charge in [-0.3, -0.25) is 4.79 Å². The van der Waals surface area contributed by atoms with Crippen molar-refractivity contribution in [3.05, 3.63) is 70.8 Å². The van der Waals surface area contributed by atoms with Crippen LogP contribution < -0.4 is 10.1 Å². The Hall–Kier alpha value is -5.50. The predicted molar refractivity (Wildman–Crippen MR) is 199 cm³/mol. The Labute approximate surface area is 306 Å². The molecule has 2 saturated heterocycles. The molecule has 2 aromatic heterocycles. The van der Waals surface area contributed by atoms with E-state index in [0.29, 0.717) is 25.6 Å². The molecule has 5 atom stereocenters. The summed E-state index contributed by atoms with van der Waals surface area (Å²) in [6.07, 6.45) is 3.51. The lowest BCUT2D eigenvalue weighted by molar-refractivity contribution is -0.137. The fourth-order valence-corrected chi connectivity index (χ4v) is 8.37. The second kappa shape index (κ2) is 13.8. The summed E-state index contributed by atoms with van der Waals surface area (Å²) in [6.45, 7) is 7.39. The summed E-state index contributed by atoms with van der Waals surface area (Å²) in [5.74, 6) is 2.18. The Morgan fingerprint density at radius 1 is 1.06 bits per heavy atom. The number of benzene rings is 3. The smallest absolute Gasteiger partial charge is 0.407 e. The number of hydrogen-bond acceptors (Lipinski definition) is 9. The SMILES string of the molecule is COC[C@H]1C[C@H](c2ncc(-c3ccc4c(c3)COc3cc5c(ccc6[nH]c([C@@H]7CC[C@H](C)N7C(=O)[C@@H](NC(=O)OC)C(C)C)nc65)cc3-4)[nH]2)N(N=O)C1. The van der Waals surface area contributed by atoms with E-state index in [0.717, 1.165) is 80.6 Å². The molecule has 0 aliphatic carbocycles. The second-order valence-corrected chi connectivity index (χ2v) is 14.8. The summed E-state index contributed by atoms with van der Waals surface area (Å²) in [6, 6.07) is 13.5. The van der Waals surface area contributed by atoms with Crippen molar-refractivity contribution >= 4 is 33.8 Å². The second-order valence-electron chi connectivity index (χ2n) is 14.8. The van der Waals surface area contributed by atoms with Crippen molar-refractivity contribution in [3.63, 3.8) is 0 Å². The van der Waals surface area contributed by atoms with E-state index in [1.165, 1.54) is 7.11 Å². The van der Waals surface area contributed by atoms with Crippen LogP contribution in [-0.4, -0.2) is 81.3 Å². The van der Waals surface area contributed by atoms with Crippen LogP contribution >= 0.6 is 0 Å². The highest BCUT2D eigenvalue weighted by atomic mass is 16.5. The van der Waals surface area contributed by atoms with Crippen molar-refractivity contribution < 1.29 is 23.8 Å². The molecule has 14 nitrogen and oxygen atoms in total. The Morgan fingerprint density at radius 2 is 1.91 bits per heavy atom. The number of alkyl carbamates (subject to hydrolysis) is 1. The van der Waals surface area contributed by atoms with Crippen LogP contribution in [0.25, 0.3) is 44.2 Å². The molecule has 3 aliphatic heterocycles. The highest BCUT2D eigenvalue weighted by Gasteiger charge is 2.41. The molecule has 0 saturated carbocycles. The molecule has 0 radical (unpaired) electrons. The molecule has 3 aromatic carbocycles. The minimum absolute atomic E-state index is 0.0132. The highest BCUT2D eigenvalue weighted by molar-refractivity contribution is 6.07. The molecule has 276 valence electrons. The van der Waals surface area contributed by atoms with E-state index in [4.69, 9.17) is 19.2 Å². The van der Waals surface area contributed by atoms with E-state index in [1.807, 2.05) is 37.9 Å². The average Bonchev–Trinajstić information content (AvgIpc) is 3.98. The van der Waals surface area contributed by atoms with Gasteiger partial charge >= 0.3 is 6.09 Å².